The van der Waals surface area contributed by atoms with E-state index in [-0.39, 0.29) is 17.7 Å². The van der Waals surface area contributed by atoms with Crippen LogP contribution in [-0.4, -0.2) is 36.0 Å². The van der Waals surface area contributed by atoms with Gasteiger partial charge in [0, 0.05) is 12.5 Å². The van der Waals surface area contributed by atoms with Crippen LogP contribution in [0.3, 0.4) is 0 Å². The van der Waals surface area contributed by atoms with E-state index in [1.807, 2.05) is 0 Å². The summed E-state index contributed by atoms with van der Waals surface area (Å²) in [6, 6.07) is 0. The second-order valence-electron chi connectivity index (χ2n) is 3.79. The smallest absolute Gasteiger partial charge is 0.303 e. The molecule has 0 spiro atoms. The molecule has 0 N–H and O–H groups in total. The number of nitrogens with zero attached hydrogens (tertiary/aromatic N) is 1. The Balaban J connectivity index is 2.23. The van der Waals surface area contributed by atoms with Gasteiger partial charge in [0.1, 0.15) is 0 Å². The number of hydrogen-bond acceptors (Lipinski definition) is 2. The first-order valence-electron chi connectivity index (χ1n) is 4.87. The molecule has 0 unspecified atom stereocenters. The number of alkyl halides is 3. The largest absolute Gasteiger partial charge is 0.390 e. The molecule has 0 saturated carbocycles. The Morgan fingerprint density at radius 3 is 2.27 bits per heavy atom. The number of likely N-dealkylation sites (tertiary alicyclic amines) is 1. The number of rotatable bonds is 3. The average molecular weight is 244 g/mol. The molecule has 0 bridgehead atoms. The van der Waals surface area contributed by atoms with Gasteiger partial charge in [-0.3, -0.25) is 4.79 Å². The number of halogens is 4. The Hall–Kier alpha value is -0.290. The van der Waals surface area contributed by atoms with Crippen molar-refractivity contribution in [2.24, 2.45) is 5.92 Å². The lowest BCUT2D eigenvalue weighted by Gasteiger charge is -2.30. The van der Waals surface area contributed by atoms with Crippen LogP contribution in [0, 0.1) is 5.92 Å². The Morgan fingerprint density at radius 2 is 1.87 bits per heavy atom. The standard InChI is InChI=1S/C9H13ClF3NO/c10-8(15)7-1-4-14(5-2-7)6-3-9(11,12)13/h7H,1-6H2. The molecule has 6 heteroatoms. The summed E-state index contributed by atoms with van der Waals surface area (Å²) in [5, 5.41) is -0.370. The van der Waals surface area contributed by atoms with Crippen molar-refractivity contribution < 1.29 is 18.0 Å². The van der Waals surface area contributed by atoms with Gasteiger partial charge in [0.25, 0.3) is 0 Å². The van der Waals surface area contributed by atoms with Crippen LogP contribution in [0.1, 0.15) is 19.3 Å². The van der Waals surface area contributed by atoms with Crippen molar-refractivity contribution in [3.05, 3.63) is 0 Å². The molecule has 2 nitrogen and oxygen atoms in total. The van der Waals surface area contributed by atoms with E-state index in [4.69, 9.17) is 11.6 Å². The quantitative estimate of drug-likeness (QED) is 0.710. The van der Waals surface area contributed by atoms with Crippen molar-refractivity contribution in [3.63, 3.8) is 0 Å². The average Bonchev–Trinajstić information content (AvgIpc) is 2.14. The molecule has 0 radical (unpaired) electrons. The monoisotopic (exact) mass is 243 g/mol. The highest BCUT2D eigenvalue weighted by molar-refractivity contribution is 6.63. The fourth-order valence-electron chi connectivity index (χ4n) is 1.67. The molecule has 1 aliphatic heterocycles. The van der Waals surface area contributed by atoms with Crippen LogP contribution in [0.2, 0.25) is 0 Å². The zero-order valence-corrected chi connectivity index (χ0v) is 8.94. The molecular formula is C9H13ClF3NO. The maximum Gasteiger partial charge on any atom is 0.390 e. The van der Waals surface area contributed by atoms with Crippen LogP contribution in [-0.2, 0) is 4.79 Å². The minimum absolute atomic E-state index is 0.0205. The van der Waals surface area contributed by atoms with Gasteiger partial charge in [0.15, 0.2) is 0 Å². The summed E-state index contributed by atoms with van der Waals surface area (Å²) in [4.78, 5) is 12.5. The van der Waals surface area contributed by atoms with Gasteiger partial charge in [-0.15, -0.1) is 0 Å². The molecule has 0 amide bonds. The van der Waals surface area contributed by atoms with Gasteiger partial charge in [0.2, 0.25) is 5.24 Å². The lowest BCUT2D eigenvalue weighted by atomic mass is 9.98. The second-order valence-corrected chi connectivity index (χ2v) is 4.16. The minimum Gasteiger partial charge on any atom is -0.303 e. The van der Waals surface area contributed by atoms with E-state index in [9.17, 15) is 18.0 Å². The maximum atomic E-state index is 11.9. The maximum absolute atomic E-state index is 11.9. The van der Waals surface area contributed by atoms with E-state index in [2.05, 4.69) is 0 Å². The van der Waals surface area contributed by atoms with Gasteiger partial charge < -0.3 is 4.90 Å². The van der Waals surface area contributed by atoms with Crippen molar-refractivity contribution in [3.8, 4) is 0 Å². The van der Waals surface area contributed by atoms with Crippen LogP contribution in [0.4, 0.5) is 13.2 Å². The van der Waals surface area contributed by atoms with Crippen molar-refractivity contribution >= 4 is 16.8 Å². The predicted molar refractivity (Wildman–Crippen MR) is 50.7 cm³/mol. The Labute approximate surface area is 91.4 Å². The Morgan fingerprint density at radius 1 is 1.33 bits per heavy atom. The summed E-state index contributed by atoms with van der Waals surface area (Å²) < 4.78 is 35.7. The Bertz CT molecular complexity index is 224. The molecule has 0 aromatic heterocycles. The third kappa shape index (κ3) is 4.84. The van der Waals surface area contributed by atoms with Crippen molar-refractivity contribution in [1.82, 2.24) is 4.90 Å². The van der Waals surface area contributed by atoms with Crippen molar-refractivity contribution in [2.45, 2.75) is 25.4 Å². The van der Waals surface area contributed by atoms with E-state index in [0.717, 1.165) is 0 Å². The molecule has 1 rings (SSSR count). The van der Waals surface area contributed by atoms with Gasteiger partial charge in [-0.25, -0.2) is 0 Å². The normalized spacial score (nSPS) is 20.5. The van der Waals surface area contributed by atoms with E-state index < -0.39 is 12.6 Å². The molecule has 0 aromatic rings. The summed E-state index contributed by atoms with van der Waals surface area (Å²) in [6.45, 7) is 1.07. The summed E-state index contributed by atoms with van der Waals surface area (Å²) >= 11 is 5.32. The molecule has 15 heavy (non-hydrogen) atoms. The lowest BCUT2D eigenvalue weighted by Crippen LogP contribution is -2.37. The SMILES string of the molecule is O=C(Cl)C1CCN(CCC(F)(F)F)CC1. The molecule has 0 aromatic carbocycles. The molecule has 1 heterocycles. The predicted octanol–water partition coefficient (Wildman–Crippen LogP) is 2.42. The number of hydrogen-bond donors (Lipinski definition) is 0. The molecule has 0 aliphatic carbocycles. The minimum atomic E-state index is -4.10. The third-order valence-corrected chi connectivity index (χ3v) is 2.93. The summed E-state index contributed by atoms with van der Waals surface area (Å²) in [5.74, 6) is -0.172. The summed E-state index contributed by atoms with van der Waals surface area (Å²) in [5.41, 5.74) is 0. The molecule has 88 valence electrons. The van der Waals surface area contributed by atoms with Crippen LogP contribution in [0.15, 0.2) is 0 Å². The van der Waals surface area contributed by atoms with E-state index in [0.29, 0.717) is 25.9 Å². The highest BCUT2D eigenvalue weighted by atomic mass is 35.5. The lowest BCUT2D eigenvalue weighted by molar-refractivity contribution is -0.139. The van der Waals surface area contributed by atoms with Crippen molar-refractivity contribution in [1.29, 1.82) is 0 Å². The van der Waals surface area contributed by atoms with E-state index >= 15 is 0 Å². The van der Waals surface area contributed by atoms with Gasteiger partial charge >= 0.3 is 6.18 Å². The number of carbonyl (C=O) groups excluding carboxylic acids is 1. The van der Waals surface area contributed by atoms with Gasteiger partial charge in [-0.1, -0.05) is 0 Å². The number of carbonyl (C=O) groups is 1. The van der Waals surface area contributed by atoms with Crippen LogP contribution in [0.5, 0.6) is 0 Å². The molecular weight excluding hydrogens is 231 g/mol. The number of piperidine rings is 1. The first-order valence-corrected chi connectivity index (χ1v) is 5.25. The van der Waals surface area contributed by atoms with Crippen LogP contribution in [0.25, 0.3) is 0 Å². The fourth-order valence-corrected chi connectivity index (χ4v) is 1.89. The first-order chi connectivity index (χ1) is 6.88. The molecule has 1 saturated heterocycles. The zero-order chi connectivity index (χ0) is 11.5. The molecule has 0 atom stereocenters. The van der Waals surface area contributed by atoms with E-state index in [1.165, 1.54) is 0 Å². The van der Waals surface area contributed by atoms with Gasteiger partial charge in [0.05, 0.1) is 6.42 Å². The summed E-state index contributed by atoms with van der Waals surface area (Å²) in [6.07, 6.45) is -3.74. The van der Waals surface area contributed by atoms with Crippen molar-refractivity contribution in [2.75, 3.05) is 19.6 Å². The summed E-state index contributed by atoms with van der Waals surface area (Å²) in [7, 11) is 0. The second kappa shape index (κ2) is 5.16. The fraction of sp³-hybridized carbons (Fsp3) is 0.889. The highest BCUT2D eigenvalue weighted by Gasteiger charge is 2.29. The zero-order valence-electron chi connectivity index (χ0n) is 8.19. The van der Waals surface area contributed by atoms with E-state index in [1.54, 1.807) is 4.90 Å². The first kappa shape index (κ1) is 12.8. The van der Waals surface area contributed by atoms with Gasteiger partial charge in [-0.05, 0) is 37.5 Å². The molecule has 1 fully saturated rings. The van der Waals surface area contributed by atoms with Crippen LogP contribution >= 0.6 is 11.6 Å². The molecule has 1 aliphatic rings. The third-order valence-electron chi connectivity index (χ3n) is 2.62. The van der Waals surface area contributed by atoms with Gasteiger partial charge in [-0.2, -0.15) is 13.2 Å². The topological polar surface area (TPSA) is 20.3 Å². The Kier molecular flexibility index (Phi) is 4.40. The van der Waals surface area contributed by atoms with Crippen LogP contribution < -0.4 is 0 Å². The highest BCUT2D eigenvalue weighted by Crippen LogP contribution is 2.23.